The molecule has 0 bridgehead atoms. The number of halogens is 3. The van der Waals surface area contributed by atoms with Crippen molar-refractivity contribution < 1.29 is 13.9 Å². The number of carbonyl (C=O) groups excluding carboxylic acids is 1. The molecule has 156 valence electrons. The van der Waals surface area contributed by atoms with Crippen LogP contribution in [-0.4, -0.2) is 12.1 Å². The van der Waals surface area contributed by atoms with Crippen LogP contribution in [0.25, 0.3) is 11.0 Å². The van der Waals surface area contributed by atoms with Crippen LogP contribution >= 0.6 is 45.8 Å². The number of ether oxygens (including phenoxy) is 1. The van der Waals surface area contributed by atoms with Gasteiger partial charge in [0.25, 0.3) is 0 Å². The Morgan fingerprint density at radius 2 is 1.77 bits per heavy atom. The topological polar surface area (TPSA) is 63.8 Å². The van der Waals surface area contributed by atoms with E-state index in [1.54, 1.807) is 24.3 Å². The summed E-state index contributed by atoms with van der Waals surface area (Å²) in [6.45, 7) is 0.345. The van der Waals surface area contributed by atoms with Gasteiger partial charge in [0, 0.05) is 8.96 Å². The van der Waals surface area contributed by atoms with E-state index in [4.69, 9.17) is 32.4 Å². The average Bonchev–Trinajstić information content (AvgIpc) is 3.19. The van der Waals surface area contributed by atoms with Gasteiger partial charge in [0.1, 0.15) is 12.2 Å². The van der Waals surface area contributed by atoms with Crippen molar-refractivity contribution in [1.82, 2.24) is 5.43 Å². The molecule has 0 saturated carbocycles. The van der Waals surface area contributed by atoms with Gasteiger partial charge in [-0.3, -0.25) is 4.79 Å². The third kappa shape index (κ3) is 5.39. The lowest BCUT2D eigenvalue weighted by Crippen LogP contribution is -2.16. The predicted molar refractivity (Wildman–Crippen MR) is 131 cm³/mol. The molecule has 0 atom stereocenters. The highest BCUT2D eigenvalue weighted by atomic mass is 127. The number of fused-ring (bicyclic) bond motifs is 1. The molecule has 0 radical (unpaired) electrons. The summed E-state index contributed by atoms with van der Waals surface area (Å²) < 4.78 is 12.4. The van der Waals surface area contributed by atoms with Gasteiger partial charge in [-0.1, -0.05) is 53.5 Å². The molecule has 0 saturated heterocycles. The molecular weight excluding hydrogens is 550 g/mol. The molecule has 3 aromatic carbocycles. The Hall–Kier alpha value is -2.55. The van der Waals surface area contributed by atoms with E-state index in [0.717, 1.165) is 14.5 Å². The van der Waals surface area contributed by atoms with E-state index < -0.39 is 5.91 Å². The Morgan fingerprint density at radius 1 is 1.06 bits per heavy atom. The van der Waals surface area contributed by atoms with E-state index in [1.807, 2.05) is 42.5 Å². The number of furan rings is 1. The number of amides is 1. The number of hydrazone groups is 1. The maximum atomic E-state index is 12.2. The normalized spacial score (nSPS) is 11.2. The van der Waals surface area contributed by atoms with Gasteiger partial charge in [-0.15, -0.1) is 0 Å². The molecule has 1 amide bonds. The zero-order chi connectivity index (χ0) is 21.8. The Balaban J connectivity index is 1.40. The first-order chi connectivity index (χ1) is 15.0. The van der Waals surface area contributed by atoms with E-state index in [-0.39, 0.29) is 5.76 Å². The molecule has 4 aromatic rings. The summed E-state index contributed by atoms with van der Waals surface area (Å²) in [7, 11) is 0. The molecule has 1 heterocycles. The number of rotatable bonds is 6. The molecule has 0 unspecified atom stereocenters. The Kier molecular flexibility index (Phi) is 6.80. The number of hydrogen-bond donors (Lipinski definition) is 1. The number of para-hydroxylation sites is 1. The minimum Gasteiger partial charge on any atom is -0.486 e. The van der Waals surface area contributed by atoms with E-state index >= 15 is 0 Å². The third-order valence-corrected chi connectivity index (χ3v) is 5.63. The second-order valence-corrected chi connectivity index (χ2v) is 8.64. The van der Waals surface area contributed by atoms with Gasteiger partial charge in [0.05, 0.1) is 16.3 Å². The van der Waals surface area contributed by atoms with E-state index in [0.29, 0.717) is 33.5 Å². The fourth-order valence-corrected chi connectivity index (χ4v) is 3.81. The summed E-state index contributed by atoms with van der Waals surface area (Å²) in [4.78, 5) is 12.2. The Bertz CT molecular complexity index is 1210. The largest absolute Gasteiger partial charge is 0.486 e. The molecule has 1 aromatic heterocycles. The van der Waals surface area contributed by atoms with Crippen molar-refractivity contribution in [2.24, 2.45) is 5.10 Å². The molecular formula is C23H15Cl2IN2O3. The molecule has 0 aliphatic carbocycles. The van der Waals surface area contributed by atoms with Crippen LogP contribution in [0.5, 0.6) is 5.75 Å². The lowest BCUT2D eigenvalue weighted by Gasteiger charge is -2.11. The van der Waals surface area contributed by atoms with Crippen LogP contribution in [0, 0.1) is 3.57 Å². The van der Waals surface area contributed by atoms with Crippen molar-refractivity contribution in [3.05, 3.63) is 97.2 Å². The molecule has 1 N–H and O–H groups in total. The highest BCUT2D eigenvalue weighted by Gasteiger charge is 2.12. The zero-order valence-electron chi connectivity index (χ0n) is 15.9. The van der Waals surface area contributed by atoms with Crippen molar-refractivity contribution in [2.45, 2.75) is 6.61 Å². The molecule has 8 heteroatoms. The van der Waals surface area contributed by atoms with Gasteiger partial charge >= 0.3 is 5.91 Å². The van der Waals surface area contributed by atoms with Crippen LogP contribution in [-0.2, 0) is 6.61 Å². The van der Waals surface area contributed by atoms with E-state index in [1.165, 1.54) is 6.21 Å². The highest BCUT2D eigenvalue weighted by molar-refractivity contribution is 14.1. The smallest absolute Gasteiger partial charge is 0.307 e. The molecule has 0 aliphatic heterocycles. The molecule has 0 fully saturated rings. The van der Waals surface area contributed by atoms with Crippen LogP contribution in [0.1, 0.15) is 21.7 Å². The van der Waals surface area contributed by atoms with Gasteiger partial charge in [0.15, 0.2) is 11.5 Å². The highest BCUT2D eigenvalue weighted by Crippen LogP contribution is 2.34. The van der Waals surface area contributed by atoms with Crippen LogP contribution < -0.4 is 10.2 Å². The molecule has 0 spiro atoms. The van der Waals surface area contributed by atoms with Gasteiger partial charge in [-0.25, -0.2) is 5.43 Å². The molecule has 4 rings (SSSR count). The van der Waals surface area contributed by atoms with Crippen LogP contribution in [0.2, 0.25) is 10.0 Å². The lowest BCUT2D eigenvalue weighted by molar-refractivity contribution is 0.0929. The minimum atomic E-state index is -0.456. The minimum absolute atomic E-state index is 0.175. The van der Waals surface area contributed by atoms with Crippen LogP contribution in [0.15, 0.2) is 76.2 Å². The Morgan fingerprint density at radius 3 is 2.48 bits per heavy atom. The lowest BCUT2D eigenvalue weighted by atomic mass is 10.2. The van der Waals surface area contributed by atoms with Crippen molar-refractivity contribution >= 4 is 68.9 Å². The number of carbonyl (C=O) groups is 1. The fraction of sp³-hybridized carbons (Fsp3) is 0.0435. The maximum Gasteiger partial charge on any atom is 0.307 e. The second-order valence-electron chi connectivity index (χ2n) is 6.58. The summed E-state index contributed by atoms with van der Waals surface area (Å²) >= 11 is 14.9. The Labute approximate surface area is 202 Å². The SMILES string of the molecule is O=C(N/N=C/c1cc(Cl)c(OCc2ccc(I)cc2)c(Cl)c1)c1cc2ccccc2o1. The first kappa shape index (κ1) is 21.7. The van der Waals surface area contributed by atoms with Crippen LogP contribution in [0.4, 0.5) is 0 Å². The van der Waals surface area contributed by atoms with E-state index in [9.17, 15) is 4.79 Å². The summed E-state index contributed by atoms with van der Waals surface area (Å²) in [6.07, 6.45) is 1.45. The van der Waals surface area contributed by atoms with Gasteiger partial charge in [-0.05, 0) is 70.1 Å². The van der Waals surface area contributed by atoms with Crippen LogP contribution in [0.3, 0.4) is 0 Å². The number of benzene rings is 3. The van der Waals surface area contributed by atoms with Crippen molar-refractivity contribution in [3.8, 4) is 5.75 Å². The van der Waals surface area contributed by atoms with Crippen molar-refractivity contribution in [2.75, 3.05) is 0 Å². The maximum absolute atomic E-state index is 12.2. The van der Waals surface area contributed by atoms with Gasteiger partial charge in [0.2, 0.25) is 0 Å². The van der Waals surface area contributed by atoms with Crippen molar-refractivity contribution in [1.29, 1.82) is 0 Å². The van der Waals surface area contributed by atoms with Gasteiger partial charge in [-0.2, -0.15) is 5.10 Å². The first-order valence-corrected chi connectivity index (χ1v) is 11.0. The number of nitrogens with zero attached hydrogens (tertiary/aromatic N) is 1. The summed E-state index contributed by atoms with van der Waals surface area (Å²) in [5.74, 6) is 0.112. The number of hydrogen-bond acceptors (Lipinski definition) is 4. The van der Waals surface area contributed by atoms with Gasteiger partial charge < -0.3 is 9.15 Å². The monoisotopic (exact) mass is 564 g/mol. The second kappa shape index (κ2) is 9.72. The van der Waals surface area contributed by atoms with Crippen molar-refractivity contribution in [3.63, 3.8) is 0 Å². The average molecular weight is 565 g/mol. The number of nitrogens with one attached hydrogen (secondary N) is 1. The molecule has 5 nitrogen and oxygen atoms in total. The molecule has 0 aliphatic rings. The summed E-state index contributed by atoms with van der Waals surface area (Å²) in [5.41, 5.74) is 4.69. The standard InChI is InChI=1S/C23H15Cl2IN2O3/c24-18-9-15(10-19(25)22(18)30-13-14-5-7-17(26)8-6-14)12-27-28-23(29)21-11-16-3-1-2-4-20(16)31-21/h1-12H,13H2,(H,28,29)/b27-12+. The predicted octanol–water partition coefficient (Wildman–Crippen LogP) is 6.69. The first-order valence-electron chi connectivity index (χ1n) is 9.18. The fourth-order valence-electron chi connectivity index (χ4n) is 2.84. The quantitative estimate of drug-likeness (QED) is 0.161. The zero-order valence-corrected chi connectivity index (χ0v) is 19.6. The third-order valence-electron chi connectivity index (χ3n) is 4.35. The summed E-state index contributed by atoms with van der Waals surface area (Å²) in [6, 6.07) is 20.3. The summed E-state index contributed by atoms with van der Waals surface area (Å²) in [5, 5.41) is 5.50. The molecule has 31 heavy (non-hydrogen) atoms. The van der Waals surface area contributed by atoms with E-state index in [2.05, 4.69) is 33.1 Å².